The molecule has 2 fully saturated rings. The smallest absolute Gasteiger partial charge is 0.164 e. The first-order chi connectivity index (χ1) is 7.18. The summed E-state index contributed by atoms with van der Waals surface area (Å²) in [5.41, 5.74) is 0. The molecule has 4 unspecified atom stereocenters. The maximum atomic E-state index is 12.1. The Morgan fingerprint density at radius 2 is 1.93 bits per heavy atom. The summed E-state index contributed by atoms with van der Waals surface area (Å²) in [6, 6.07) is 0. The first kappa shape index (κ1) is 11.1. The van der Waals surface area contributed by atoms with E-state index in [4.69, 9.17) is 4.74 Å². The van der Waals surface area contributed by atoms with Gasteiger partial charge in [-0.2, -0.15) is 0 Å². The molecular formula is C13H22O2. The van der Waals surface area contributed by atoms with Crippen LogP contribution in [-0.4, -0.2) is 18.5 Å². The Hall–Kier alpha value is -0.370. The number of Topliss-reactive ketones (excluding diaryl/α,β-unsaturated/α-hetero) is 1. The standard InChI is InChI=1S/C13H22O2/c1-9-5-6-11(8-10(9)2)13(14)12-4-3-7-15-12/h9-12H,3-8H2,1-2H3. The van der Waals surface area contributed by atoms with Gasteiger partial charge in [0.15, 0.2) is 5.78 Å². The second kappa shape index (κ2) is 4.65. The quantitative estimate of drug-likeness (QED) is 0.700. The van der Waals surface area contributed by atoms with Crippen molar-refractivity contribution < 1.29 is 9.53 Å². The summed E-state index contributed by atoms with van der Waals surface area (Å²) in [6.45, 7) is 5.37. The Kier molecular flexibility index (Phi) is 3.45. The summed E-state index contributed by atoms with van der Waals surface area (Å²) in [5, 5.41) is 0. The Morgan fingerprint density at radius 1 is 1.13 bits per heavy atom. The molecule has 4 atom stereocenters. The first-order valence-corrected chi connectivity index (χ1v) is 6.34. The number of ketones is 1. The maximum absolute atomic E-state index is 12.1. The van der Waals surface area contributed by atoms with E-state index in [1.807, 2.05) is 0 Å². The number of hydrogen-bond donors (Lipinski definition) is 0. The van der Waals surface area contributed by atoms with Gasteiger partial charge in [-0.05, 0) is 43.9 Å². The molecule has 0 amide bonds. The fourth-order valence-corrected chi connectivity index (χ4v) is 2.87. The lowest BCUT2D eigenvalue weighted by Gasteiger charge is -2.32. The summed E-state index contributed by atoms with van der Waals surface area (Å²) < 4.78 is 5.48. The van der Waals surface area contributed by atoms with E-state index in [2.05, 4.69) is 13.8 Å². The van der Waals surface area contributed by atoms with Crippen molar-refractivity contribution >= 4 is 5.78 Å². The molecule has 15 heavy (non-hydrogen) atoms. The monoisotopic (exact) mass is 210 g/mol. The summed E-state index contributed by atoms with van der Waals surface area (Å²) in [5.74, 6) is 2.18. The van der Waals surface area contributed by atoms with Crippen molar-refractivity contribution in [1.29, 1.82) is 0 Å². The lowest BCUT2D eigenvalue weighted by atomic mass is 9.73. The topological polar surface area (TPSA) is 26.3 Å². The van der Waals surface area contributed by atoms with Crippen molar-refractivity contribution in [3.05, 3.63) is 0 Å². The predicted molar refractivity (Wildman–Crippen MR) is 59.7 cm³/mol. The van der Waals surface area contributed by atoms with Gasteiger partial charge in [-0.25, -0.2) is 0 Å². The minimum Gasteiger partial charge on any atom is -0.370 e. The molecule has 0 aromatic carbocycles. The van der Waals surface area contributed by atoms with Crippen molar-refractivity contribution in [2.24, 2.45) is 17.8 Å². The molecule has 1 saturated heterocycles. The Balaban J connectivity index is 1.90. The zero-order chi connectivity index (χ0) is 10.8. The minimum absolute atomic E-state index is 0.0596. The normalized spacial score (nSPS) is 41.7. The average molecular weight is 210 g/mol. The van der Waals surface area contributed by atoms with Crippen molar-refractivity contribution in [2.75, 3.05) is 6.61 Å². The predicted octanol–water partition coefficient (Wildman–Crippen LogP) is 2.81. The number of carbonyl (C=O) groups excluding carboxylic acids is 1. The highest BCUT2D eigenvalue weighted by Crippen LogP contribution is 2.35. The Morgan fingerprint density at radius 3 is 2.53 bits per heavy atom. The van der Waals surface area contributed by atoms with Gasteiger partial charge in [0.2, 0.25) is 0 Å². The van der Waals surface area contributed by atoms with E-state index in [1.54, 1.807) is 0 Å². The van der Waals surface area contributed by atoms with Crippen LogP contribution in [0.2, 0.25) is 0 Å². The molecule has 2 rings (SSSR count). The van der Waals surface area contributed by atoms with Crippen LogP contribution in [0, 0.1) is 17.8 Å². The number of carbonyl (C=O) groups is 1. The summed E-state index contributed by atoms with van der Waals surface area (Å²) in [6.07, 6.45) is 5.35. The van der Waals surface area contributed by atoms with Crippen LogP contribution in [0.25, 0.3) is 0 Å². The summed E-state index contributed by atoms with van der Waals surface area (Å²) in [4.78, 5) is 12.1. The highest BCUT2D eigenvalue weighted by molar-refractivity contribution is 5.85. The van der Waals surface area contributed by atoms with E-state index < -0.39 is 0 Å². The molecule has 0 aromatic heterocycles. The van der Waals surface area contributed by atoms with E-state index in [1.165, 1.54) is 6.42 Å². The molecule has 1 heterocycles. The van der Waals surface area contributed by atoms with E-state index in [0.717, 1.165) is 38.2 Å². The molecule has 0 aromatic rings. The summed E-state index contributed by atoms with van der Waals surface area (Å²) in [7, 11) is 0. The second-order valence-electron chi connectivity index (χ2n) is 5.37. The molecule has 0 spiro atoms. The number of ether oxygens (including phenoxy) is 1. The summed E-state index contributed by atoms with van der Waals surface area (Å²) >= 11 is 0. The molecule has 86 valence electrons. The van der Waals surface area contributed by atoms with Crippen LogP contribution in [0.5, 0.6) is 0 Å². The van der Waals surface area contributed by atoms with Crippen LogP contribution in [0.15, 0.2) is 0 Å². The molecule has 0 bridgehead atoms. The van der Waals surface area contributed by atoms with Crippen molar-refractivity contribution in [3.8, 4) is 0 Å². The average Bonchev–Trinajstić information content (AvgIpc) is 2.74. The molecule has 0 N–H and O–H groups in total. The SMILES string of the molecule is CC1CCC(C(=O)C2CCCO2)CC1C. The fraction of sp³-hybridized carbons (Fsp3) is 0.923. The van der Waals surface area contributed by atoms with Gasteiger partial charge in [0.1, 0.15) is 6.10 Å². The maximum Gasteiger partial charge on any atom is 0.164 e. The zero-order valence-electron chi connectivity index (χ0n) is 9.87. The fourth-order valence-electron chi connectivity index (χ4n) is 2.87. The third-order valence-corrected chi connectivity index (χ3v) is 4.25. The Bertz CT molecular complexity index is 231. The van der Waals surface area contributed by atoms with Gasteiger partial charge < -0.3 is 4.74 Å². The number of hydrogen-bond acceptors (Lipinski definition) is 2. The van der Waals surface area contributed by atoms with E-state index in [9.17, 15) is 4.79 Å². The van der Waals surface area contributed by atoms with Gasteiger partial charge in [0, 0.05) is 12.5 Å². The van der Waals surface area contributed by atoms with E-state index in [-0.39, 0.29) is 6.10 Å². The minimum atomic E-state index is -0.0596. The number of rotatable bonds is 2. The van der Waals surface area contributed by atoms with Crippen molar-refractivity contribution in [1.82, 2.24) is 0 Å². The molecule has 2 nitrogen and oxygen atoms in total. The van der Waals surface area contributed by atoms with Crippen LogP contribution in [0.3, 0.4) is 0 Å². The van der Waals surface area contributed by atoms with Gasteiger partial charge in [-0.3, -0.25) is 4.79 Å². The molecule has 1 aliphatic carbocycles. The van der Waals surface area contributed by atoms with Gasteiger partial charge in [-0.1, -0.05) is 13.8 Å². The van der Waals surface area contributed by atoms with Crippen LogP contribution in [0.1, 0.15) is 46.0 Å². The first-order valence-electron chi connectivity index (χ1n) is 6.34. The highest BCUT2D eigenvalue weighted by Gasteiger charge is 2.34. The molecule has 2 aliphatic rings. The van der Waals surface area contributed by atoms with Crippen LogP contribution < -0.4 is 0 Å². The molecular weight excluding hydrogens is 188 g/mol. The van der Waals surface area contributed by atoms with Crippen molar-refractivity contribution in [3.63, 3.8) is 0 Å². The zero-order valence-corrected chi connectivity index (χ0v) is 9.87. The van der Waals surface area contributed by atoms with E-state index >= 15 is 0 Å². The second-order valence-corrected chi connectivity index (χ2v) is 5.37. The van der Waals surface area contributed by atoms with Gasteiger partial charge in [0.25, 0.3) is 0 Å². The Labute approximate surface area is 92.4 Å². The largest absolute Gasteiger partial charge is 0.370 e. The highest BCUT2D eigenvalue weighted by atomic mass is 16.5. The van der Waals surface area contributed by atoms with Gasteiger partial charge in [-0.15, -0.1) is 0 Å². The third kappa shape index (κ3) is 2.41. The van der Waals surface area contributed by atoms with Crippen LogP contribution >= 0.6 is 0 Å². The molecule has 0 radical (unpaired) electrons. The van der Waals surface area contributed by atoms with Gasteiger partial charge in [0.05, 0.1) is 0 Å². The molecule has 2 heteroatoms. The van der Waals surface area contributed by atoms with E-state index in [0.29, 0.717) is 17.6 Å². The van der Waals surface area contributed by atoms with Crippen molar-refractivity contribution in [2.45, 2.75) is 52.1 Å². The molecule has 1 saturated carbocycles. The third-order valence-electron chi connectivity index (χ3n) is 4.25. The van der Waals surface area contributed by atoms with Gasteiger partial charge >= 0.3 is 0 Å². The lowest BCUT2D eigenvalue weighted by Crippen LogP contribution is -2.33. The molecule has 1 aliphatic heterocycles. The lowest BCUT2D eigenvalue weighted by molar-refractivity contribution is -0.133. The van der Waals surface area contributed by atoms with Crippen LogP contribution in [0.4, 0.5) is 0 Å². The van der Waals surface area contributed by atoms with Crippen LogP contribution in [-0.2, 0) is 9.53 Å².